The molecule has 0 spiro atoms. The van der Waals surface area contributed by atoms with Crippen LogP contribution in [0, 0.1) is 0 Å². The van der Waals surface area contributed by atoms with Crippen molar-refractivity contribution in [1.29, 1.82) is 0 Å². The highest BCUT2D eigenvalue weighted by atomic mass is 35.5. The average molecular weight is 515 g/mol. The van der Waals surface area contributed by atoms with E-state index in [1.807, 2.05) is 60.0 Å². The fourth-order valence-corrected chi connectivity index (χ4v) is 6.75. The van der Waals surface area contributed by atoms with Gasteiger partial charge in [-0.15, -0.1) is 11.3 Å². The first-order valence-corrected chi connectivity index (χ1v) is 13.0. The Morgan fingerprint density at radius 1 is 1.03 bits per heavy atom. The number of thiocarbonyl (C=S) groups is 1. The Hall–Kier alpha value is -2.10. The number of thioether (sulfide) groups is 1. The van der Waals surface area contributed by atoms with E-state index in [0.29, 0.717) is 14.2 Å². The van der Waals surface area contributed by atoms with Crippen LogP contribution in [0.3, 0.4) is 0 Å². The summed E-state index contributed by atoms with van der Waals surface area (Å²) < 4.78 is 0.476. The molecule has 4 nitrogen and oxygen atoms in total. The van der Waals surface area contributed by atoms with E-state index in [9.17, 15) is 9.59 Å². The SMILES string of the molecule is O=C1C(=Cc2cccs2)SC(=S)N1CCC(=O)N1c2ccccc2Sc2ccc(Cl)cc21. The number of halogens is 1. The number of nitrogens with zero attached hydrogens (tertiary/aromatic N) is 2. The Morgan fingerprint density at radius 3 is 2.66 bits per heavy atom. The predicted octanol–water partition coefficient (Wildman–Crippen LogP) is 6.82. The Kier molecular flexibility index (Phi) is 6.14. The van der Waals surface area contributed by atoms with Gasteiger partial charge in [0.2, 0.25) is 5.91 Å². The quantitative estimate of drug-likeness (QED) is 0.282. The van der Waals surface area contributed by atoms with E-state index >= 15 is 0 Å². The molecule has 0 radical (unpaired) electrons. The number of amides is 2. The Balaban J connectivity index is 1.37. The summed E-state index contributed by atoms with van der Waals surface area (Å²) in [7, 11) is 0. The molecule has 2 aromatic carbocycles. The van der Waals surface area contributed by atoms with Gasteiger partial charge in [-0.25, -0.2) is 0 Å². The summed E-state index contributed by atoms with van der Waals surface area (Å²) >= 11 is 16.1. The number of para-hydroxylation sites is 1. The number of carbonyl (C=O) groups excluding carboxylic acids is 2. The summed E-state index contributed by atoms with van der Waals surface area (Å²) in [5, 5.41) is 2.53. The van der Waals surface area contributed by atoms with Gasteiger partial charge in [-0.05, 0) is 47.9 Å². The summed E-state index contributed by atoms with van der Waals surface area (Å²) in [6.07, 6.45) is 1.99. The van der Waals surface area contributed by atoms with Crippen molar-refractivity contribution in [2.45, 2.75) is 16.2 Å². The lowest BCUT2D eigenvalue weighted by atomic mass is 10.2. The smallest absolute Gasteiger partial charge is 0.266 e. The van der Waals surface area contributed by atoms with Gasteiger partial charge in [0.05, 0.1) is 16.3 Å². The van der Waals surface area contributed by atoms with E-state index in [1.54, 1.807) is 34.1 Å². The first kappa shape index (κ1) is 21.7. The number of hydrogen-bond donors (Lipinski definition) is 0. The summed E-state index contributed by atoms with van der Waals surface area (Å²) in [6, 6.07) is 17.2. The highest BCUT2D eigenvalue weighted by Gasteiger charge is 2.34. The number of hydrogen-bond acceptors (Lipinski definition) is 6. The van der Waals surface area contributed by atoms with Crippen LogP contribution in [0.15, 0.2) is 74.7 Å². The van der Waals surface area contributed by atoms with Gasteiger partial charge in [-0.2, -0.15) is 0 Å². The van der Waals surface area contributed by atoms with Crippen molar-refractivity contribution in [3.63, 3.8) is 0 Å². The van der Waals surface area contributed by atoms with E-state index in [1.165, 1.54) is 16.7 Å². The van der Waals surface area contributed by atoms with Gasteiger partial charge in [0.1, 0.15) is 4.32 Å². The first-order chi connectivity index (χ1) is 15.5. The third-order valence-electron chi connectivity index (χ3n) is 4.98. The van der Waals surface area contributed by atoms with Crippen molar-refractivity contribution >= 4 is 92.3 Å². The third kappa shape index (κ3) is 4.13. The minimum atomic E-state index is -0.153. The van der Waals surface area contributed by atoms with Crippen LogP contribution in [-0.2, 0) is 9.59 Å². The van der Waals surface area contributed by atoms with Gasteiger partial charge < -0.3 is 0 Å². The molecule has 2 aliphatic heterocycles. The maximum Gasteiger partial charge on any atom is 0.266 e. The maximum atomic E-state index is 13.4. The molecule has 0 aliphatic carbocycles. The average Bonchev–Trinajstić information content (AvgIpc) is 3.38. The van der Waals surface area contributed by atoms with Crippen molar-refractivity contribution in [2.24, 2.45) is 0 Å². The number of thiophene rings is 1. The molecule has 2 amide bonds. The molecule has 5 rings (SSSR count). The lowest BCUT2D eigenvalue weighted by molar-refractivity contribution is -0.123. The number of fused-ring (bicyclic) bond motifs is 2. The van der Waals surface area contributed by atoms with Crippen LogP contribution >= 0.6 is 58.7 Å². The zero-order valence-electron chi connectivity index (χ0n) is 16.5. The fourth-order valence-electron chi connectivity index (χ4n) is 3.51. The second-order valence-corrected chi connectivity index (χ2v) is 11.2. The second kappa shape index (κ2) is 9.03. The van der Waals surface area contributed by atoms with Crippen LogP contribution in [0.4, 0.5) is 11.4 Å². The number of benzene rings is 2. The molecule has 3 aromatic rings. The highest BCUT2D eigenvalue weighted by Crippen LogP contribution is 2.49. The molecule has 2 aliphatic rings. The maximum absolute atomic E-state index is 13.4. The monoisotopic (exact) mass is 514 g/mol. The van der Waals surface area contributed by atoms with E-state index in [4.69, 9.17) is 23.8 Å². The number of rotatable bonds is 4. The van der Waals surface area contributed by atoms with Crippen molar-refractivity contribution in [3.05, 3.63) is 74.8 Å². The second-order valence-electron chi connectivity index (χ2n) is 7.01. The van der Waals surface area contributed by atoms with Crippen LogP contribution in [0.1, 0.15) is 11.3 Å². The van der Waals surface area contributed by atoms with Gasteiger partial charge >= 0.3 is 0 Å². The van der Waals surface area contributed by atoms with Gasteiger partial charge in [0.15, 0.2) is 0 Å². The minimum Gasteiger partial charge on any atom is -0.292 e. The third-order valence-corrected chi connectivity index (χ3v) is 8.54. The van der Waals surface area contributed by atoms with Crippen LogP contribution in [0.2, 0.25) is 5.02 Å². The summed E-state index contributed by atoms with van der Waals surface area (Å²) in [4.78, 5) is 33.1. The summed E-state index contributed by atoms with van der Waals surface area (Å²) in [5.74, 6) is -0.267. The molecular weight excluding hydrogens is 500 g/mol. The normalized spacial score (nSPS) is 16.5. The van der Waals surface area contributed by atoms with E-state index in [2.05, 4.69) is 0 Å². The van der Waals surface area contributed by atoms with Gasteiger partial charge in [-0.1, -0.05) is 65.5 Å². The minimum absolute atomic E-state index is 0.113. The van der Waals surface area contributed by atoms with E-state index in [-0.39, 0.29) is 24.8 Å². The molecule has 1 fully saturated rings. The zero-order valence-corrected chi connectivity index (χ0v) is 20.5. The van der Waals surface area contributed by atoms with Gasteiger partial charge in [0, 0.05) is 32.7 Å². The molecule has 1 aromatic heterocycles. The van der Waals surface area contributed by atoms with Crippen molar-refractivity contribution in [1.82, 2.24) is 4.90 Å². The molecular formula is C23H15ClN2O2S4. The molecule has 0 bridgehead atoms. The fraction of sp³-hybridized carbons (Fsp3) is 0.0870. The van der Waals surface area contributed by atoms with Crippen molar-refractivity contribution in [3.8, 4) is 0 Å². The molecule has 3 heterocycles. The van der Waals surface area contributed by atoms with Crippen molar-refractivity contribution in [2.75, 3.05) is 11.4 Å². The van der Waals surface area contributed by atoms with Crippen LogP contribution in [-0.4, -0.2) is 27.6 Å². The number of anilines is 2. The Bertz CT molecular complexity index is 1270. The van der Waals surface area contributed by atoms with Gasteiger partial charge in [-0.3, -0.25) is 19.4 Å². The molecule has 9 heteroatoms. The standard InChI is InChI=1S/C23H15ClN2O2S4/c24-14-7-8-19-17(12-14)26(16-5-1-2-6-18(16)31-19)21(27)9-10-25-22(28)20(32-23(25)29)13-15-4-3-11-30-15/h1-8,11-13H,9-10H2. The largest absolute Gasteiger partial charge is 0.292 e. The highest BCUT2D eigenvalue weighted by molar-refractivity contribution is 8.26. The summed E-state index contributed by atoms with van der Waals surface area (Å²) in [5.41, 5.74) is 1.58. The zero-order chi connectivity index (χ0) is 22.2. The Morgan fingerprint density at radius 2 is 1.84 bits per heavy atom. The molecule has 0 atom stereocenters. The lowest BCUT2D eigenvalue weighted by Crippen LogP contribution is -2.35. The summed E-state index contributed by atoms with van der Waals surface area (Å²) in [6.45, 7) is 0.229. The number of carbonyl (C=O) groups is 2. The van der Waals surface area contributed by atoms with Crippen LogP contribution in [0.5, 0.6) is 0 Å². The predicted molar refractivity (Wildman–Crippen MR) is 138 cm³/mol. The van der Waals surface area contributed by atoms with E-state index < -0.39 is 0 Å². The van der Waals surface area contributed by atoms with Crippen LogP contribution in [0.25, 0.3) is 6.08 Å². The topological polar surface area (TPSA) is 40.6 Å². The lowest BCUT2D eigenvalue weighted by Gasteiger charge is -2.31. The van der Waals surface area contributed by atoms with Crippen molar-refractivity contribution < 1.29 is 9.59 Å². The first-order valence-electron chi connectivity index (χ1n) is 9.69. The molecule has 0 saturated carbocycles. The molecule has 0 N–H and O–H groups in total. The Labute approximate surface area is 208 Å². The van der Waals surface area contributed by atoms with E-state index in [0.717, 1.165) is 26.0 Å². The molecule has 160 valence electrons. The van der Waals surface area contributed by atoms with Gasteiger partial charge in [0.25, 0.3) is 5.91 Å². The molecule has 32 heavy (non-hydrogen) atoms. The van der Waals surface area contributed by atoms with Crippen LogP contribution < -0.4 is 4.90 Å². The molecule has 0 unspecified atom stereocenters. The molecule has 1 saturated heterocycles.